The van der Waals surface area contributed by atoms with Gasteiger partial charge in [-0.25, -0.2) is 0 Å². The molecule has 1 aliphatic carbocycles. The Bertz CT molecular complexity index is 552. The minimum atomic E-state index is -0.370. The number of hydrogen-bond acceptors (Lipinski definition) is 2. The van der Waals surface area contributed by atoms with E-state index in [2.05, 4.69) is 48.7 Å². The molecule has 1 N–H and O–H groups in total. The van der Waals surface area contributed by atoms with Crippen molar-refractivity contribution in [2.45, 2.75) is 50.5 Å². The van der Waals surface area contributed by atoms with Crippen molar-refractivity contribution in [2.75, 3.05) is 0 Å². The molecule has 1 unspecified atom stereocenters. The fraction of sp³-hybridized carbons (Fsp3) is 0.444. The first-order valence-electron chi connectivity index (χ1n) is 7.52. The van der Waals surface area contributed by atoms with E-state index in [9.17, 15) is 5.11 Å². The van der Waals surface area contributed by atoms with E-state index in [0.717, 1.165) is 17.7 Å². The predicted octanol–water partition coefficient (Wildman–Crippen LogP) is 4.99. The summed E-state index contributed by atoms with van der Waals surface area (Å²) in [5.74, 6) is 0. The van der Waals surface area contributed by atoms with Gasteiger partial charge in [-0.1, -0.05) is 49.6 Å². The van der Waals surface area contributed by atoms with Gasteiger partial charge in [0.05, 0.1) is 6.10 Å². The van der Waals surface area contributed by atoms with Crippen LogP contribution in [0.1, 0.15) is 54.2 Å². The number of rotatable bonds is 3. The van der Waals surface area contributed by atoms with Crippen LogP contribution in [0.5, 0.6) is 0 Å². The fourth-order valence-corrected chi connectivity index (χ4v) is 4.62. The summed E-state index contributed by atoms with van der Waals surface area (Å²) in [5, 5.41) is 13.2. The third-order valence-electron chi connectivity index (χ3n) is 4.77. The first-order valence-corrected chi connectivity index (χ1v) is 8.39. The summed E-state index contributed by atoms with van der Waals surface area (Å²) in [6, 6.07) is 12.8. The summed E-state index contributed by atoms with van der Waals surface area (Å²) in [5.41, 5.74) is 2.44. The Morgan fingerprint density at radius 3 is 2.35 bits per heavy atom. The van der Waals surface area contributed by atoms with Crippen LogP contribution in [0.2, 0.25) is 0 Å². The van der Waals surface area contributed by atoms with E-state index in [0.29, 0.717) is 0 Å². The second kappa shape index (κ2) is 5.71. The summed E-state index contributed by atoms with van der Waals surface area (Å²) in [7, 11) is 0. The molecule has 20 heavy (non-hydrogen) atoms. The smallest absolute Gasteiger partial charge is 0.0980 e. The Morgan fingerprint density at radius 2 is 1.75 bits per heavy atom. The molecule has 1 fully saturated rings. The number of aliphatic hydroxyl groups is 1. The topological polar surface area (TPSA) is 20.2 Å². The van der Waals surface area contributed by atoms with Gasteiger partial charge in [0, 0.05) is 10.3 Å². The highest BCUT2D eigenvalue weighted by Crippen LogP contribution is 2.49. The van der Waals surface area contributed by atoms with E-state index >= 15 is 0 Å². The van der Waals surface area contributed by atoms with Gasteiger partial charge in [0.1, 0.15) is 0 Å². The Labute approximate surface area is 125 Å². The van der Waals surface area contributed by atoms with Crippen molar-refractivity contribution in [3.05, 3.63) is 57.8 Å². The highest BCUT2D eigenvalue weighted by molar-refractivity contribution is 7.10. The molecule has 0 radical (unpaired) electrons. The van der Waals surface area contributed by atoms with Crippen LogP contribution in [0.15, 0.2) is 41.8 Å². The molecule has 3 rings (SSSR count). The van der Waals surface area contributed by atoms with Crippen LogP contribution in [-0.2, 0) is 5.41 Å². The Morgan fingerprint density at radius 1 is 1.05 bits per heavy atom. The number of aliphatic hydroxyl groups excluding tert-OH is 1. The van der Waals surface area contributed by atoms with Crippen molar-refractivity contribution in [1.82, 2.24) is 0 Å². The predicted molar refractivity (Wildman–Crippen MR) is 85.2 cm³/mol. The van der Waals surface area contributed by atoms with Gasteiger partial charge in [-0.2, -0.15) is 0 Å². The van der Waals surface area contributed by atoms with Crippen molar-refractivity contribution < 1.29 is 5.11 Å². The molecule has 2 heteroatoms. The highest BCUT2D eigenvalue weighted by Gasteiger charge is 2.42. The zero-order chi connectivity index (χ0) is 14.0. The van der Waals surface area contributed by atoms with Gasteiger partial charge >= 0.3 is 0 Å². The Balaban J connectivity index is 2.04. The molecule has 1 nitrogen and oxygen atoms in total. The zero-order valence-electron chi connectivity index (χ0n) is 12.0. The van der Waals surface area contributed by atoms with Crippen molar-refractivity contribution in [1.29, 1.82) is 0 Å². The van der Waals surface area contributed by atoms with Gasteiger partial charge in [-0.15, -0.1) is 11.3 Å². The first-order chi connectivity index (χ1) is 9.74. The van der Waals surface area contributed by atoms with Crippen molar-refractivity contribution in [3.8, 4) is 0 Å². The number of aryl methyl sites for hydroxylation is 1. The largest absolute Gasteiger partial charge is 0.387 e. The molecule has 1 aliphatic rings. The lowest BCUT2D eigenvalue weighted by Gasteiger charge is -2.41. The molecular weight excluding hydrogens is 264 g/mol. The maximum absolute atomic E-state index is 11.1. The molecule has 1 heterocycles. The first kappa shape index (κ1) is 13.8. The van der Waals surface area contributed by atoms with Crippen LogP contribution in [-0.4, -0.2) is 5.11 Å². The van der Waals surface area contributed by atoms with E-state index in [1.54, 1.807) is 11.3 Å². The molecule has 1 aromatic carbocycles. The van der Waals surface area contributed by atoms with Crippen LogP contribution >= 0.6 is 11.3 Å². The second-order valence-corrected chi connectivity index (χ2v) is 6.90. The molecular formula is C18H22OS. The zero-order valence-corrected chi connectivity index (χ0v) is 12.8. The molecule has 0 aliphatic heterocycles. The Hall–Kier alpha value is -1.12. The standard InChI is InChI=1S/C18H22OS/c1-14-10-13-20-16(14)17(19)18(11-6-3-7-12-18)15-8-4-2-5-9-15/h2,4-5,8-10,13,17,19H,3,6-7,11-12H2,1H3. The van der Waals surface area contributed by atoms with Gasteiger partial charge in [0.15, 0.2) is 0 Å². The quantitative estimate of drug-likeness (QED) is 0.842. The van der Waals surface area contributed by atoms with Crippen LogP contribution in [0.4, 0.5) is 0 Å². The number of hydrogen-bond donors (Lipinski definition) is 1. The van der Waals surface area contributed by atoms with Crippen molar-refractivity contribution >= 4 is 11.3 Å². The highest BCUT2D eigenvalue weighted by atomic mass is 32.1. The average Bonchev–Trinajstić information content (AvgIpc) is 2.94. The molecule has 0 amide bonds. The molecule has 2 aromatic rings. The van der Waals surface area contributed by atoms with Gasteiger partial charge in [-0.3, -0.25) is 0 Å². The van der Waals surface area contributed by atoms with Gasteiger partial charge in [0.2, 0.25) is 0 Å². The third kappa shape index (κ3) is 2.32. The van der Waals surface area contributed by atoms with E-state index in [1.807, 2.05) is 0 Å². The molecule has 0 spiro atoms. The van der Waals surface area contributed by atoms with Crippen LogP contribution in [0.3, 0.4) is 0 Å². The summed E-state index contributed by atoms with van der Waals surface area (Å²) >= 11 is 1.69. The summed E-state index contributed by atoms with van der Waals surface area (Å²) < 4.78 is 0. The van der Waals surface area contributed by atoms with Crippen LogP contribution in [0, 0.1) is 6.92 Å². The normalized spacial score (nSPS) is 19.7. The van der Waals surface area contributed by atoms with Gasteiger partial charge in [0.25, 0.3) is 0 Å². The lowest BCUT2D eigenvalue weighted by atomic mass is 9.65. The molecule has 1 saturated carbocycles. The SMILES string of the molecule is Cc1ccsc1C(O)C1(c2ccccc2)CCCCC1. The minimum Gasteiger partial charge on any atom is -0.387 e. The lowest BCUT2D eigenvalue weighted by molar-refractivity contribution is 0.0552. The van der Waals surface area contributed by atoms with E-state index in [-0.39, 0.29) is 11.5 Å². The molecule has 0 bridgehead atoms. The van der Waals surface area contributed by atoms with Gasteiger partial charge in [-0.05, 0) is 42.3 Å². The van der Waals surface area contributed by atoms with E-state index in [1.165, 1.54) is 30.4 Å². The number of benzene rings is 1. The van der Waals surface area contributed by atoms with Gasteiger partial charge < -0.3 is 5.11 Å². The average molecular weight is 286 g/mol. The fourth-order valence-electron chi connectivity index (χ4n) is 3.59. The maximum atomic E-state index is 11.1. The van der Waals surface area contributed by atoms with Crippen molar-refractivity contribution in [3.63, 3.8) is 0 Å². The molecule has 1 aromatic heterocycles. The summed E-state index contributed by atoms with van der Waals surface area (Å²) in [6.07, 6.45) is 5.55. The van der Waals surface area contributed by atoms with Crippen LogP contribution < -0.4 is 0 Å². The monoisotopic (exact) mass is 286 g/mol. The Kier molecular flexibility index (Phi) is 3.95. The van der Waals surface area contributed by atoms with Crippen LogP contribution in [0.25, 0.3) is 0 Å². The summed E-state index contributed by atoms with van der Waals surface area (Å²) in [4.78, 5) is 1.15. The number of thiophene rings is 1. The van der Waals surface area contributed by atoms with E-state index < -0.39 is 0 Å². The summed E-state index contributed by atoms with van der Waals surface area (Å²) in [6.45, 7) is 2.11. The third-order valence-corrected chi connectivity index (χ3v) is 5.84. The molecule has 0 saturated heterocycles. The van der Waals surface area contributed by atoms with E-state index in [4.69, 9.17) is 0 Å². The molecule has 1 atom stereocenters. The second-order valence-electron chi connectivity index (χ2n) is 5.95. The minimum absolute atomic E-state index is 0.0882. The van der Waals surface area contributed by atoms with Crippen molar-refractivity contribution in [2.24, 2.45) is 0 Å². The lowest BCUT2D eigenvalue weighted by Crippen LogP contribution is -2.36. The maximum Gasteiger partial charge on any atom is 0.0980 e. The molecule has 106 valence electrons.